The van der Waals surface area contributed by atoms with Gasteiger partial charge in [0.05, 0.1) is 10.5 Å². The van der Waals surface area contributed by atoms with Gasteiger partial charge < -0.3 is 10.2 Å². The first-order valence-electron chi connectivity index (χ1n) is 11.2. The lowest BCUT2D eigenvalue weighted by molar-refractivity contribution is 0.0701. The average molecular weight is 515 g/mol. The van der Waals surface area contributed by atoms with Crippen molar-refractivity contribution in [3.63, 3.8) is 0 Å². The molecule has 4 rings (SSSR count). The third-order valence-electron chi connectivity index (χ3n) is 5.78. The van der Waals surface area contributed by atoms with E-state index in [4.69, 9.17) is 0 Å². The van der Waals surface area contributed by atoms with E-state index in [2.05, 4.69) is 10.6 Å². The third-order valence-corrected chi connectivity index (χ3v) is 8.76. The van der Waals surface area contributed by atoms with Gasteiger partial charge in [0.2, 0.25) is 10.0 Å². The summed E-state index contributed by atoms with van der Waals surface area (Å²) < 4.78 is 28.5. The zero-order valence-corrected chi connectivity index (χ0v) is 21.0. The number of thiophene rings is 1. The SMILES string of the molecule is CCNC(=O)Nc1sc2ccccc2c1C(=O)N1CCN(S(=O)(=O)c2cccc(C(C)=O)c2)CC1. The quantitative estimate of drug-likeness (QED) is 0.489. The Balaban J connectivity index is 1.54. The van der Waals surface area contributed by atoms with Crippen LogP contribution in [0.1, 0.15) is 34.6 Å². The standard InChI is InChI=1S/C24H26N4O5S2/c1-3-25-24(31)26-22-21(19-9-4-5-10-20(19)34-22)23(30)27-11-13-28(14-12-27)35(32,33)18-8-6-7-17(15-18)16(2)29/h4-10,15H,3,11-14H2,1-2H3,(H2,25,26,31). The Hall–Kier alpha value is -3.28. The molecule has 0 unspecified atom stereocenters. The number of hydrogen-bond acceptors (Lipinski definition) is 6. The number of rotatable bonds is 6. The van der Waals surface area contributed by atoms with Crippen LogP contribution in [0, 0.1) is 0 Å². The van der Waals surface area contributed by atoms with Crippen LogP contribution in [-0.2, 0) is 10.0 Å². The largest absolute Gasteiger partial charge is 0.338 e. The van der Waals surface area contributed by atoms with E-state index in [-0.39, 0.29) is 42.8 Å². The molecule has 1 aliphatic rings. The van der Waals surface area contributed by atoms with E-state index in [0.29, 0.717) is 22.7 Å². The number of urea groups is 1. The Labute approximate surface area is 207 Å². The lowest BCUT2D eigenvalue weighted by atomic mass is 10.1. The summed E-state index contributed by atoms with van der Waals surface area (Å²) in [6.07, 6.45) is 0. The number of amides is 3. The lowest BCUT2D eigenvalue weighted by Crippen LogP contribution is -2.50. The van der Waals surface area contributed by atoms with Gasteiger partial charge in [0, 0.05) is 48.4 Å². The number of piperazine rings is 1. The molecule has 0 atom stereocenters. The van der Waals surface area contributed by atoms with Crippen LogP contribution in [0.25, 0.3) is 10.1 Å². The number of carbonyl (C=O) groups is 3. The maximum atomic E-state index is 13.5. The lowest BCUT2D eigenvalue weighted by Gasteiger charge is -2.34. The number of hydrogen-bond donors (Lipinski definition) is 2. The minimum atomic E-state index is -3.81. The molecule has 0 spiro atoms. The highest BCUT2D eigenvalue weighted by molar-refractivity contribution is 7.89. The van der Waals surface area contributed by atoms with Crippen molar-refractivity contribution in [1.82, 2.24) is 14.5 Å². The van der Waals surface area contributed by atoms with Crippen molar-refractivity contribution in [2.24, 2.45) is 0 Å². The van der Waals surface area contributed by atoms with Crippen LogP contribution >= 0.6 is 11.3 Å². The second-order valence-corrected chi connectivity index (χ2v) is 11.1. The zero-order chi connectivity index (χ0) is 25.2. The number of benzene rings is 2. The van der Waals surface area contributed by atoms with Gasteiger partial charge in [0.1, 0.15) is 5.00 Å². The van der Waals surface area contributed by atoms with Gasteiger partial charge in [-0.05, 0) is 32.0 Å². The number of nitrogens with one attached hydrogen (secondary N) is 2. The predicted molar refractivity (Wildman–Crippen MR) is 136 cm³/mol. The van der Waals surface area contributed by atoms with E-state index in [9.17, 15) is 22.8 Å². The number of nitrogens with zero attached hydrogens (tertiary/aromatic N) is 2. The number of ketones is 1. The first-order chi connectivity index (χ1) is 16.7. The monoisotopic (exact) mass is 514 g/mol. The van der Waals surface area contributed by atoms with Gasteiger partial charge in [0.15, 0.2) is 5.78 Å². The first-order valence-corrected chi connectivity index (χ1v) is 13.4. The smallest absolute Gasteiger partial charge is 0.319 e. The second kappa shape index (κ2) is 10.1. The fraction of sp³-hybridized carbons (Fsp3) is 0.292. The molecular formula is C24H26N4O5S2. The van der Waals surface area contributed by atoms with Crippen molar-refractivity contribution in [3.8, 4) is 0 Å². The highest BCUT2D eigenvalue weighted by Crippen LogP contribution is 2.36. The van der Waals surface area contributed by atoms with E-state index < -0.39 is 16.1 Å². The van der Waals surface area contributed by atoms with E-state index in [1.165, 1.54) is 34.7 Å². The molecule has 2 N–H and O–H groups in total. The highest BCUT2D eigenvalue weighted by atomic mass is 32.2. The van der Waals surface area contributed by atoms with Crippen molar-refractivity contribution >= 4 is 54.2 Å². The Kier molecular flexibility index (Phi) is 7.20. The molecule has 9 nitrogen and oxygen atoms in total. The topological polar surface area (TPSA) is 116 Å². The Morgan fingerprint density at radius 1 is 1.00 bits per heavy atom. The molecule has 0 saturated carbocycles. The Bertz CT molecular complexity index is 1390. The molecule has 3 aromatic rings. The van der Waals surface area contributed by atoms with Gasteiger partial charge in [-0.2, -0.15) is 4.31 Å². The number of carbonyl (C=O) groups excluding carboxylic acids is 3. The molecule has 184 valence electrons. The van der Waals surface area contributed by atoms with Crippen LogP contribution in [0.5, 0.6) is 0 Å². The van der Waals surface area contributed by atoms with Gasteiger partial charge >= 0.3 is 6.03 Å². The van der Waals surface area contributed by atoms with Gasteiger partial charge in [0.25, 0.3) is 5.91 Å². The molecule has 1 aromatic heterocycles. The summed E-state index contributed by atoms with van der Waals surface area (Å²) in [5, 5.41) is 6.64. The van der Waals surface area contributed by atoms with Crippen molar-refractivity contribution in [1.29, 1.82) is 0 Å². The highest BCUT2D eigenvalue weighted by Gasteiger charge is 2.32. The van der Waals surface area contributed by atoms with Gasteiger partial charge in [-0.1, -0.05) is 30.3 Å². The van der Waals surface area contributed by atoms with Crippen LogP contribution in [-0.4, -0.2) is 68.1 Å². The number of Topliss-reactive ketones (excluding diaryl/α,β-unsaturated/α-hetero) is 1. The first kappa shape index (κ1) is 24.8. The normalized spacial score (nSPS) is 14.6. The van der Waals surface area contributed by atoms with Crippen LogP contribution in [0.15, 0.2) is 53.4 Å². The van der Waals surface area contributed by atoms with Crippen molar-refractivity contribution < 1.29 is 22.8 Å². The zero-order valence-electron chi connectivity index (χ0n) is 19.4. The molecule has 1 fully saturated rings. The molecule has 3 amide bonds. The molecule has 0 radical (unpaired) electrons. The molecule has 1 aliphatic heterocycles. The van der Waals surface area contributed by atoms with Crippen LogP contribution in [0.3, 0.4) is 0 Å². The van der Waals surface area contributed by atoms with Crippen LogP contribution < -0.4 is 10.6 Å². The summed E-state index contributed by atoms with van der Waals surface area (Å²) in [6.45, 7) is 4.30. The maximum Gasteiger partial charge on any atom is 0.319 e. The fourth-order valence-electron chi connectivity index (χ4n) is 3.97. The molecule has 1 saturated heterocycles. The van der Waals surface area contributed by atoms with E-state index in [1.807, 2.05) is 24.3 Å². The fourth-order valence-corrected chi connectivity index (χ4v) is 6.53. The van der Waals surface area contributed by atoms with Gasteiger partial charge in [-0.3, -0.25) is 14.9 Å². The van der Waals surface area contributed by atoms with E-state index in [1.54, 1.807) is 24.0 Å². The predicted octanol–water partition coefficient (Wildman–Crippen LogP) is 3.39. The summed E-state index contributed by atoms with van der Waals surface area (Å²) in [5.41, 5.74) is 0.735. The third kappa shape index (κ3) is 5.07. The molecule has 2 heterocycles. The van der Waals surface area contributed by atoms with Crippen LogP contribution in [0.2, 0.25) is 0 Å². The van der Waals surface area contributed by atoms with Crippen molar-refractivity contribution in [2.75, 3.05) is 38.0 Å². The average Bonchev–Trinajstić information content (AvgIpc) is 3.21. The summed E-state index contributed by atoms with van der Waals surface area (Å²) in [5.74, 6) is -0.470. The summed E-state index contributed by atoms with van der Waals surface area (Å²) in [4.78, 5) is 39.0. The summed E-state index contributed by atoms with van der Waals surface area (Å²) in [7, 11) is -3.81. The van der Waals surface area contributed by atoms with Gasteiger partial charge in [-0.25, -0.2) is 13.2 Å². The van der Waals surface area contributed by atoms with E-state index in [0.717, 1.165) is 10.1 Å². The van der Waals surface area contributed by atoms with Crippen molar-refractivity contribution in [2.45, 2.75) is 18.7 Å². The van der Waals surface area contributed by atoms with Crippen LogP contribution in [0.4, 0.5) is 9.80 Å². The number of sulfonamides is 1. The maximum absolute atomic E-state index is 13.5. The second-order valence-electron chi connectivity index (χ2n) is 8.07. The van der Waals surface area contributed by atoms with Gasteiger partial charge in [-0.15, -0.1) is 11.3 Å². The minimum absolute atomic E-state index is 0.0576. The molecule has 11 heteroatoms. The molecule has 0 aliphatic carbocycles. The minimum Gasteiger partial charge on any atom is -0.338 e. The molecule has 0 bridgehead atoms. The number of anilines is 1. The van der Waals surface area contributed by atoms with Crippen molar-refractivity contribution in [3.05, 3.63) is 59.7 Å². The molecule has 35 heavy (non-hydrogen) atoms. The van der Waals surface area contributed by atoms with E-state index >= 15 is 0 Å². The Morgan fingerprint density at radius 3 is 2.40 bits per heavy atom. The summed E-state index contributed by atoms with van der Waals surface area (Å²) >= 11 is 1.32. The summed E-state index contributed by atoms with van der Waals surface area (Å²) in [6, 6.07) is 13.0. The molecular weight excluding hydrogens is 488 g/mol. The Morgan fingerprint density at radius 2 is 1.71 bits per heavy atom. The molecule has 2 aromatic carbocycles. The number of fused-ring (bicyclic) bond motifs is 1.